The Kier molecular flexibility index (Phi) is 4.21. The molecule has 1 heterocycles. The maximum absolute atomic E-state index is 12.0. The van der Waals surface area contributed by atoms with Crippen molar-refractivity contribution in [3.05, 3.63) is 64.5 Å². The summed E-state index contributed by atoms with van der Waals surface area (Å²) in [6, 6.07) is 14.7. The zero-order chi connectivity index (χ0) is 17.3. The van der Waals surface area contributed by atoms with Crippen molar-refractivity contribution in [1.29, 1.82) is 0 Å². The van der Waals surface area contributed by atoms with Crippen molar-refractivity contribution < 1.29 is 13.9 Å². The van der Waals surface area contributed by atoms with Gasteiger partial charge in [0.25, 0.3) is 0 Å². The predicted molar refractivity (Wildman–Crippen MR) is 93.1 cm³/mol. The number of hydrogen-bond donors (Lipinski definition) is 0. The van der Waals surface area contributed by atoms with Gasteiger partial charge in [0.2, 0.25) is 0 Å². The van der Waals surface area contributed by atoms with Gasteiger partial charge in [0, 0.05) is 17.0 Å². The Labute approximate surface area is 139 Å². The van der Waals surface area contributed by atoms with Crippen LogP contribution in [0.15, 0.2) is 57.7 Å². The first-order chi connectivity index (χ1) is 11.5. The second-order valence-electron chi connectivity index (χ2n) is 5.99. The van der Waals surface area contributed by atoms with Crippen LogP contribution < -0.4 is 10.4 Å². The van der Waals surface area contributed by atoms with Crippen LogP contribution >= 0.6 is 0 Å². The monoisotopic (exact) mass is 322 g/mol. The quantitative estimate of drug-likeness (QED) is 0.409. The summed E-state index contributed by atoms with van der Waals surface area (Å²) in [5.41, 5.74) is 2.37. The smallest absolute Gasteiger partial charge is 0.336 e. The number of hydrogen-bond acceptors (Lipinski definition) is 4. The Balaban J connectivity index is 2.19. The van der Waals surface area contributed by atoms with Crippen molar-refractivity contribution in [2.24, 2.45) is 5.92 Å². The van der Waals surface area contributed by atoms with Crippen LogP contribution in [0.25, 0.3) is 22.1 Å². The van der Waals surface area contributed by atoms with Crippen molar-refractivity contribution in [3.8, 4) is 16.9 Å². The van der Waals surface area contributed by atoms with Crippen LogP contribution in [0.4, 0.5) is 0 Å². The molecular formula is C20H18O4. The van der Waals surface area contributed by atoms with Crippen molar-refractivity contribution in [1.82, 2.24) is 0 Å². The molecule has 0 N–H and O–H groups in total. The fraction of sp³-hybridized carbons (Fsp3) is 0.200. The zero-order valence-electron chi connectivity index (χ0n) is 13.8. The van der Waals surface area contributed by atoms with Gasteiger partial charge in [-0.15, -0.1) is 0 Å². The molecule has 122 valence electrons. The second-order valence-corrected chi connectivity index (χ2v) is 5.99. The molecule has 0 amide bonds. The van der Waals surface area contributed by atoms with Crippen LogP contribution in [0.3, 0.4) is 0 Å². The lowest BCUT2D eigenvalue weighted by Crippen LogP contribution is -2.15. The van der Waals surface area contributed by atoms with E-state index in [1.165, 1.54) is 6.07 Å². The van der Waals surface area contributed by atoms with E-state index >= 15 is 0 Å². The molecule has 0 saturated carbocycles. The Morgan fingerprint density at radius 2 is 1.79 bits per heavy atom. The highest BCUT2D eigenvalue weighted by molar-refractivity contribution is 5.96. The van der Waals surface area contributed by atoms with Crippen LogP contribution in [0.5, 0.6) is 5.75 Å². The van der Waals surface area contributed by atoms with E-state index in [9.17, 15) is 9.59 Å². The van der Waals surface area contributed by atoms with E-state index in [1.54, 1.807) is 26.8 Å². The average molecular weight is 322 g/mol. The summed E-state index contributed by atoms with van der Waals surface area (Å²) in [5.74, 6) is -0.142. The zero-order valence-corrected chi connectivity index (χ0v) is 13.8. The summed E-state index contributed by atoms with van der Waals surface area (Å²) in [5, 5.41) is 0.808. The first-order valence-electron chi connectivity index (χ1n) is 7.82. The maximum atomic E-state index is 12.0. The minimum atomic E-state index is -0.434. The SMILES string of the molecule is Cc1c(OC(=O)C(C)C)ccc2c(-c3ccccc3)cc(=O)oc12. The molecule has 0 unspecified atom stereocenters. The van der Waals surface area contributed by atoms with Gasteiger partial charge in [-0.25, -0.2) is 4.79 Å². The molecule has 1 aromatic heterocycles. The Hall–Kier alpha value is -2.88. The van der Waals surface area contributed by atoms with Crippen LogP contribution in [0.1, 0.15) is 19.4 Å². The van der Waals surface area contributed by atoms with E-state index in [-0.39, 0.29) is 11.9 Å². The van der Waals surface area contributed by atoms with Gasteiger partial charge in [-0.3, -0.25) is 4.79 Å². The van der Waals surface area contributed by atoms with Crippen molar-refractivity contribution in [2.75, 3.05) is 0 Å². The van der Waals surface area contributed by atoms with Gasteiger partial charge in [0.15, 0.2) is 0 Å². The summed E-state index contributed by atoms with van der Waals surface area (Å²) >= 11 is 0. The van der Waals surface area contributed by atoms with E-state index in [1.807, 2.05) is 36.4 Å². The summed E-state index contributed by atoms with van der Waals surface area (Å²) in [6.45, 7) is 5.32. The molecule has 2 aromatic carbocycles. The van der Waals surface area contributed by atoms with Gasteiger partial charge in [-0.05, 0) is 30.2 Å². The van der Waals surface area contributed by atoms with Gasteiger partial charge in [0.05, 0.1) is 5.92 Å². The third-order valence-electron chi connectivity index (χ3n) is 3.88. The first-order valence-corrected chi connectivity index (χ1v) is 7.82. The van der Waals surface area contributed by atoms with Gasteiger partial charge in [-0.2, -0.15) is 0 Å². The average Bonchev–Trinajstić information content (AvgIpc) is 2.57. The fourth-order valence-corrected chi connectivity index (χ4v) is 2.54. The fourth-order valence-electron chi connectivity index (χ4n) is 2.54. The van der Waals surface area contributed by atoms with Gasteiger partial charge >= 0.3 is 11.6 Å². The van der Waals surface area contributed by atoms with E-state index in [0.29, 0.717) is 16.9 Å². The van der Waals surface area contributed by atoms with Crippen molar-refractivity contribution in [3.63, 3.8) is 0 Å². The number of carbonyl (C=O) groups is 1. The van der Waals surface area contributed by atoms with Crippen molar-refractivity contribution >= 4 is 16.9 Å². The lowest BCUT2D eigenvalue weighted by molar-refractivity contribution is -0.137. The van der Waals surface area contributed by atoms with Gasteiger partial charge < -0.3 is 9.15 Å². The molecule has 24 heavy (non-hydrogen) atoms. The molecule has 4 nitrogen and oxygen atoms in total. The van der Waals surface area contributed by atoms with E-state index in [0.717, 1.165) is 16.5 Å². The molecule has 3 rings (SSSR count). The van der Waals surface area contributed by atoms with Crippen LogP contribution in [0, 0.1) is 12.8 Å². The molecule has 0 saturated heterocycles. The van der Waals surface area contributed by atoms with Crippen molar-refractivity contribution in [2.45, 2.75) is 20.8 Å². The molecule has 3 aromatic rings. The molecule has 0 fully saturated rings. The first kappa shape index (κ1) is 16.0. The number of ether oxygens (including phenoxy) is 1. The number of benzene rings is 2. The minimum absolute atomic E-state index is 0.234. The molecule has 0 atom stereocenters. The van der Waals surface area contributed by atoms with E-state index < -0.39 is 5.63 Å². The summed E-state index contributed by atoms with van der Waals surface area (Å²) in [7, 11) is 0. The molecule has 0 bridgehead atoms. The number of carbonyl (C=O) groups excluding carboxylic acids is 1. The lowest BCUT2D eigenvalue weighted by Gasteiger charge is -2.12. The van der Waals surface area contributed by atoms with Gasteiger partial charge in [-0.1, -0.05) is 44.2 Å². The predicted octanol–water partition coefficient (Wildman–Crippen LogP) is 4.33. The maximum Gasteiger partial charge on any atom is 0.336 e. The highest BCUT2D eigenvalue weighted by atomic mass is 16.5. The molecule has 0 radical (unpaired) electrons. The van der Waals surface area contributed by atoms with Crippen LogP contribution in [0.2, 0.25) is 0 Å². The second kappa shape index (κ2) is 6.32. The Morgan fingerprint density at radius 3 is 2.46 bits per heavy atom. The molecule has 0 spiro atoms. The molecular weight excluding hydrogens is 304 g/mol. The van der Waals surface area contributed by atoms with E-state index in [4.69, 9.17) is 9.15 Å². The number of rotatable bonds is 3. The standard InChI is InChI=1S/C20H18O4/c1-12(2)20(22)23-17-10-9-15-16(14-7-5-4-6-8-14)11-18(21)24-19(15)13(17)3/h4-12H,1-3H3. The molecule has 0 aliphatic carbocycles. The molecule has 4 heteroatoms. The van der Waals surface area contributed by atoms with Crippen LogP contribution in [-0.2, 0) is 4.79 Å². The number of aryl methyl sites for hydroxylation is 1. The molecule has 0 aliphatic rings. The summed E-state index contributed by atoms with van der Waals surface area (Å²) in [6.07, 6.45) is 0. The topological polar surface area (TPSA) is 56.5 Å². The third-order valence-corrected chi connectivity index (χ3v) is 3.88. The van der Waals surface area contributed by atoms with Gasteiger partial charge in [0.1, 0.15) is 11.3 Å². The molecule has 0 aliphatic heterocycles. The van der Waals surface area contributed by atoms with Crippen LogP contribution in [-0.4, -0.2) is 5.97 Å². The number of esters is 1. The number of fused-ring (bicyclic) bond motifs is 1. The Bertz CT molecular complexity index is 953. The normalized spacial score (nSPS) is 11.0. The largest absolute Gasteiger partial charge is 0.426 e. The Morgan fingerprint density at radius 1 is 1.08 bits per heavy atom. The highest BCUT2D eigenvalue weighted by Gasteiger charge is 2.16. The summed E-state index contributed by atoms with van der Waals surface area (Å²) in [4.78, 5) is 23.8. The van der Waals surface area contributed by atoms with E-state index in [2.05, 4.69) is 0 Å². The minimum Gasteiger partial charge on any atom is -0.426 e. The lowest BCUT2D eigenvalue weighted by atomic mass is 10.00. The third kappa shape index (κ3) is 2.95. The highest BCUT2D eigenvalue weighted by Crippen LogP contribution is 2.33. The summed E-state index contributed by atoms with van der Waals surface area (Å²) < 4.78 is 10.8.